The number of hydrogen-bond donors (Lipinski definition) is 2. The van der Waals surface area contributed by atoms with E-state index in [-0.39, 0.29) is 18.5 Å². The largest absolute Gasteiger partial charge is 0.381 e. The summed E-state index contributed by atoms with van der Waals surface area (Å²) in [6.07, 6.45) is 1.43. The smallest absolute Gasteiger partial charge is 0.245 e. The van der Waals surface area contributed by atoms with Crippen LogP contribution in [0.2, 0.25) is 0 Å². The predicted octanol–water partition coefficient (Wildman–Crippen LogP) is -0.128. The molecule has 116 valence electrons. The van der Waals surface area contributed by atoms with Gasteiger partial charge in [-0.15, -0.1) is 0 Å². The molecule has 1 unspecified atom stereocenters. The lowest BCUT2D eigenvalue weighted by atomic mass is 9.93. The molecule has 0 spiro atoms. The maximum Gasteiger partial charge on any atom is 0.245 e. The molecule has 2 aliphatic rings. The van der Waals surface area contributed by atoms with Crippen LogP contribution in [0.5, 0.6) is 0 Å². The average Bonchev–Trinajstić information content (AvgIpc) is 3.00. The van der Waals surface area contributed by atoms with Crippen molar-refractivity contribution >= 4 is 5.91 Å². The standard InChI is InChI=1S/C13H20N4O4/c1-2-20-13(3-5-19-6-4-13)12-16-11(21-17-12)9-7-15-10(18)8-14-9/h9,14H,2-8H2,1H3,(H,15,18). The zero-order valence-electron chi connectivity index (χ0n) is 12.1. The predicted molar refractivity (Wildman–Crippen MR) is 71.4 cm³/mol. The summed E-state index contributed by atoms with van der Waals surface area (Å²) in [5.41, 5.74) is -0.521. The van der Waals surface area contributed by atoms with Crippen LogP contribution in [0.15, 0.2) is 4.52 Å². The van der Waals surface area contributed by atoms with E-state index < -0.39 is 5.60 Å². The Hall–Kier alpha value is -1.51. The molecule has 2 aliphatic heterocycles. The number of carbonyl (C=O) groups is 1. The molecular weight excluding hydrogens is 276 g/mol. The van der Waals surface area contributed by atoms with Crippen molar-refractivity contribution in [1.82, 2.24) is 20.8 Å². The van der Waals surface area contributed by atoms with Crippen LogP contribution in [0, 0.1) is 0 Å². The first kappa shape index (κ1) is 14.4. The Morgan fingerprint density at radius 3 is 2.90 bits per heavy atom. The van der Waals surface area contributed by atoms with E-state index >= 15 is 0 Å². The minimum Gasteiger partial charge on any atom is -0.381 e. The highest BCUT2D eigenvalue weighted by atomic mass is 16.5. The second-order valence-corrected chi connectivity index (χ2v) is 5.23. The molecular formula is C13H20N4O4. The maximum absolute atomic E-state index is 11.2. The highest BCUT2D eigenvalue weighted by Crippen LogP contribution is 2.34. The fraction of sp³-hybridized carbons (Fsp3) is 0.769. The summed E-state index contributed by atoms with van der Waals surface area (Å²) >= 11 is 0. The van der Waals surface area contributed by atoms with Crippen LogP contribution in [0.1, 0.15) is 37.5 Å². The fourth-order valence-corrected chi connectivity index (χ4v) is 2.71. The van der Waals surface area contributed by atoms with E-state index in [1.807, 2.05) is 6.92 Å². The van der Waals surface area contributed by atoms with Crippen molar-refractivity contribution in [1.29, 1.82) is 0 Å². The van der Waals surface area contributed by atoms with Crippen molar-refractivity contribution < 1.29 is 18.8 Å². The van der Waals surface area contributed by atoms with Gasteiger partial charge in [0.15, 0.2) is 0 Å². The van der Waals surface area contributed by atoms with Gasteiger partial charge in [-0.05, 0) is 6.92 Å². The molecule has 2 fully saturated rings. The van der Waals surface area contributed by atoms with Gasteiger partial charge in [0.1, 0.15) is 11.6 Å². The highest BCUT2D eigenvalue weighted by molar-refractivity contribution is 5.78. The van der Waals surface area contributed by atoms with Gasteiger partial charge in [0, 0.05) is 39.2 Å². The average molecular weight is 296 g/mol. The van der Waals surface area contributed by atoms with Gasteiger partial charge in [-0.2, -0.15) is 4.98 Å². The summed E-state index contributed by atoms with van der Waals surface area (Å²) in [4.78, 5) is 15.7. The van der Waals surface area contributed by atoms with Gasteiger partial charge >= 0.3 is 0 Å². The van der Waals surface area contributed by atoms with Crippen LogP contribution in [0.3, 0.4) is 0 Å². The summed E-state index contributed by atoms with van der Waals surface area (Å²) < 4.78 is 16.7. The van der Waals surface area contributed by atoms with Crippen molar-refractivity contribution in [3.8, 4) is 0 Å². The molecule has 0 aliphatic carbocycles. The number of rotatable bonds is 4. The zero-order chi connectivity index (χ0) is 14.7. The Morgan fingerprint density at radius 2 is 2.24 bits per heavy atom. The first-order valence-corrected chi connectivity index (χ1v) is 7.29. The molecule has 8 nitrogen and oxygen atoms in total. The number of amides is 1. The Kier molecular flexibility index (Phi) is 4.18. The first-order chi connectivity index (χ1) is 10.2. The number of piperazine rings is 1. The molecule has 2 N–H and O–H groups in total. The first-order valence-electron chi connectivity index (χ1n) is 7.29. The molecule has 0 aromatic carbocycles. The third-order valence-corrected chi connectivity index (χ3v) is 3.88. The van der Waals surface area contributed by atoms with Gasteiger partial charge in [0.05, 0.1) is 6.54 Å². The highest BCUT2D eigenvalue weighted by Gasteiger charge is 2.40. The van der Waals surface area contributed by atoms with Gasteiger partial charge < -0.3 is 19.3 Å². The van der Waals surface area contributed by atoms with Gasteiger partial charge in [0.2, 0.25) is 17.6 Å². The third kappa shape index (κ3) is 2.92. The van der Waals surface area contributed by atoms with Gasteiger partial charge in [-0.25, -0.2) is 0 Å². The van der Waals surface area contributed by atoms with E-state index in [1.165, 1.54) is 0 Å². The van der Waals surface area contributed by atoms with Gasteiger partial charge in [0.25, 0.3) is 0 Å². The zero-order valence-corrected chi connectivity index (χ0v) is 12.1. The van der Waals surface area contributed by atoms with E-state index in [0.29, 0.717) is 50.9 Å². The van der Waals surface area contributed by atoms with Crippen molar-refractivity contribution in [3.05, 3.63) is 11.7 Å². The van der Waals surface area contributed by atoms with Crippen LogP contribution >= 0.6 is 0 Å². The lowest BCUT2D eigenvalue weighted by Gasteiger charge is -2.33. The molecule has 0 saturated carbocycles. The lowest BCUT2D eigenvalue weighted by Crippen LogP contribution is -2.47. The van der Waals surface area contributed by atoms with Crippen molar-refractivity contribution in [2.75, 3.05) is 32.9 Å². The SMILES string of the molecule is CCOC1(c2noc(C3CNC(=O)CN3)n2)CCOCC1. The Bertz CT molecular complexity index is 483. The molecule has 1 amide bonds. The van der Waals surface area contributed by atoms with Crippen molar-refractivity contribution in [2.45, 2.75) is 31.4 Å². The van der Waals surface area contributed by atoms with Crippen molar-refractivity contribution in [3.63, 3.8) is 0 Å². The molecule has 21 heavy (non-hydrogen) atoms. The molecule has 2 saturated heterocycles. The number of ether oxygens (including phenoxy) is 2. The second-order valence-electron chi connectivity index (χ2n) is 5.23. The van der Waals surface area contributed by atoms with Gasteiger partial charge in [-0.3, -0.25) is 10.1 Å². The molecule has 1 aromatic heterocycles. The van der Waals surface area contributed by atoms with Crippen molar-refractivity contribution in [2.24, 2.45) is 0 Å². The Labute approximate surface area is 122 Å². The van der Waals surface area contributed by atoms with E-state index in [0.717, 1.165) is 0 Å². The topological polar surface area (TPSA) is 98.5 Å². The summed E-state index contributed by atoms with van der Waals surface area (Å²) in [5, 5.41) is 9.95. The molecule has 8 heteroatoms. The van der Waals surface area contributed by atoms with Crippen LogP contribution in [-0.2, 0) is 19.9 Å². The molecule has 1 aromatic rings. The maximum atomic E-state index is 11.2. The number of carbonyl (C=O) groups excluding carboxylic acids is 1. The minimum absolute atomic E-state index is 0.0267. The minimum atomic E-state index is -0.521. The Balaban J connectivity index is 1.77. The summed E-state index contributed by atoms with van der Waals surface area (Å²) in [5.74, 6) is 1.03. The molecule has 0 radical (unpaired) electrons. The summed E-state index contributed by atoms with van der Waals surface area (Å²) in [7, 11) is 0. The second kappa shape index (κ2) is 6.08. The number of aromatic nitrogens is 2. The summed E-state index contributed by atoms with van der Waals surface area (Å²) in [6, 6.07) is -0.150. The normalized spacial score (nSPS) is 25.6. The number of hydrogen-bond acceptors (Lipinski definition) is 7. The Morgan fingerprint density at radius 1 is 1.43 bits per heavy atom. The van der Waals surface area contributed by atoms with Crippen LogP contribution in [0.4, 0.5) is 0 Å². The van der Waals surface area contributed by atoms with Crippen LogP contribution in [0.25, 0.3) is 0 Å². The molecule has 0 bridgehead atoms. The van der Waals surface area contributed by atoms with Gasteiger partial charge in [-0.1, -0.05) is 5.16 Å². The van der Waals surface area contributed by atoms with Crippen LogP contribution < -0.4 is 10.6 Å². The quantitative estimate of drug-likeness (QED) is 0.798. The van der Waals surface area contributed by atoms with E-state index in [4.69, 9.17) is 14.0 Å². The summed E-state index contributed by atoms with van der Waals surface area (Å²) in [6.45, 7) is 4.50. The molecule has 3 rings (SSSR count). The van der Waals surface area contributed by atoms with E-state index in [2.05, 4.69) is 20.8 Å². The monoisotopic (exact) mass is 296 g/mol. The number of nitrogens with zero attached hydrogens (tertiary/aromatic N) is 2. The molecule has 1 atom stereocenters. The van der Waals surface area contributed by atoms with Crippen LogP contribution in [-0.4, -0.2) is 49.0 Å². The fourth-order valence-electron chi connectivity index (χ4n) is 2.71. The third-order valence-electron chi connectivity index (χ3n) is 3.88. The van der Waals surface area contributed by atoms with E-state index in [9.17, 15) is 4.79 Å². The lowest BCUT2D eigenvalue weighted by molar-refractivity contribution is -0.121. The number of nitrogens with one attached hydrogen (secondary N) is 2. The van der Waals surface area contributed by atoms with E-state index in [1.54, 1.807) is 0 Å². The molecule has 3 heterocycles.